The summed E-state index contributed by atoms with van der Waals surface area (Å²) < 4.78 is 30.8. The van der Waals surface area contributed by atoms with Crippen LogP contribution < -0.4 is 10.5 Å². The quantitative estimate of drug-likeness (QED) is 0.882. The summed E-state index contributed by atoms with van der Waals surface area (Å²) in [5.74, 6) is 0.597. The van der Waals surface area contributed by atoms with Gasteiger partial charge in [0.2, 0.25) is 0 Å². The normalized spacial score (nSPS) is 17.3. The first kappa shape index (κ1) is 14.2. The molecule has 0 saturated carbocycles. The molecule has 21 heavy (non-hydrogen) atoms. The van der Waals surface area contributed by atoms with Gasteiger partial charge in [0.1, 0.15) is 16.7 Å². The number of para-hydroxylation sites is 1. The average molecular weight is 324 g/mol. The summed E-state index contributed by atoms with van der Waals surface area (Å²) in [7, 11) is -3.60. The minimum Gasteiger partial charge on any atom is -0.489 e. The molecule has 110 valence electrons. The summed E-state index contributed by atoms with van der Waals surface area (Å²) in [5.41, 5.74) is 6.94. The maximum Gasteiger partial charge on any atom is 0.185 e. The van der Waals surface area contributed by atoms with E-state index in [1.807, 2.05) is 24.3 Å². The van der Waals surface area contributed by atoms with Crippen molar-refractivity contribution in [1.82, 2.24) is 0 Å². The Balaban J connectivity index is 1.86. The third-order valence-corrected chi connectivity index (χ3v) is 5.74. The smallest absolute Gasteiger partial charge is 0.185 e. The van der Waals surface area contributed by atoms with Crippen molar-refractivity contribution in [3.63, 3.8) is 0 Å². The Morgan fingerprint density at radius 2 is 1.95 bits per heavy atom. The van der Waals surface area contributed by atoms with E-state index < -0.39 is 15.9 Å². The van der Waals surface area contributed by atoms with Gasteiger partial charge < -0.3 is 10.5 Å². The van der Waals surface area contributed by atoms with Crippen LogP contribution in [-0.4, -0.2) is 20.3 Å². The molecule has 1 heterocycles. The number of rotatable bonds is 3. The highest BCUT2D eigenvalue weighted by Crippen LogP contribution is 2.32. The van der Waals surface area contributed by atoms with E-state index in [4.69, 9.17) is 22.1 Å². The van der Waals surface area contributed by atoms with Crippen LogP contribution in [0, 0.1) is 0 Å². The van der Waals surface area contributed by atoms with Gasteiger partial charge in [-0.15, -0.1) is 0 Å². The summed E-state index contributed by atoms with van der Waals surface area (Å²) in [4.78, 5) is -0.00813. The van der Waals surface area contributed by atoms with Crippen LogP contribution in [0.4, 0.5) is 5.69 Å². The second-order valence-corrected chi connectivity index (χ2v) is 7.37. The minimum absolute atomic E-state index is 0.00813. The zero-order valence-electron chi connectivity index (χ0n) is 11.1. The number of sulfone groups is 1. The van der Waals surface area contributed by atoms with Gasteiger partial charge in [-0.25, -0.2) is 8.42 Å². The number of hydrogen-bond acceptors (Lipinski definition) is 4. The monoisotopic (exact) mass is 323 g/mol. The SMILES string of the molecule is Nc1cccc(Cl)c1S(=O)(=O)CC1Cc2ccccc2O1. The molecule has 2 aromatic carbocycles. The summed E-state index contributed by atoms with van der Waals surface area (Å²) in [6, 6.07) is 12.2. The molecule has 0 spiro atoms. The maximum atomic E-state index is 12.5. The Kier molecular flexibility index (Phi) is 3.55. The highest BCUT2D eigenvalue weighted by atomic mass is 35.5. The number of benzene rings is 2. The Morgan fingerprint density at radius 3 is 2.67 bits per heavy atom. The Bertz CT molecular complexity index is 744. The highest BCUT2D eigenvalue weighted by molar-refractivity contribution is 7.91. The molecule has 0 fully saturated rings. The first-order chi connectivity index (χ1) is 9.97. The Hall–Kier alpha value is -1.72. The zero-order chi connectivity index (χ0) is 15.0. The van der Waals surface area contributed by atoms with Gasteiger partial charge in [0.05, 0.1) is 16.5 Å². The number of fused-ring (bicyclic) bond motifs is 1. The molecule has 0 aliphatic carbocycles. The van der Waals surface area contributed by atoms with Gasteiger partial charge in [-0.3, -0.25) is 0 Å². The van der Waals surface area contributed by atoms with Crippen LogP contribution in [0.25, 0.3) is 0 Å². The van der Waals surface area contributed by atoms with Crippen LogP contribution in [-0.2, 0) is 16.3 Å². The molecule has 0 radical (unpaired) electrons. The fourth-order valence-electron chi connectivity index (χ4n) is 2.53. The number of anilines is 1. The first-order valence-electron chi connectivity index (χ1n) is 6.49. The highest BCUT2D eigenvalue weighted by Gasteiger charge is 2.30. The van der Waals surface area contributed by atoms with Crippen LogP contribution in [0.1, 0.15) is 5.56 Å². The third-order valence-electron chi connectivity index (χ3n) is 3.43. The Labute approximate surface area is 128 Å². The molecule has 2 aromatic rings. The Morgan fingerprint density at radius 1 is 1.19 bits per heavy atom. The lowest BCUT2D eigenvalue weighted by molar-refractivity contribution is 0.256. The van der Waals surface area contributed by atoms with Gasteiger partial charge in [-0.05, 0) is 23.8 Å². The molecule has 0 saturated heterocycles. The van der Waals surface area contributed by atoms with Crippen molar-refractivity contribution in [3.05, 3.63) is 53.1 Å². The third kappa shape index (κ3) is 2.71. The van der Waals surface area contributed by atoms with E-state index in [2.05, 4.69) is 0 Å². The molecule has 1 aliphatic rings. The van der Waals surface area contributed by atoms with Crippen molar-refractivity contribution in [2.24, 2.45) is 0 Å². The van der Waals surface area contributed by atoms with Gasteiger partial charge in [0.25, 0.3) is 0 Å². The lowest BCUT2D eigenvalue weighted by atomic mass is 10.1. The summed E-state index contributed by atoms with van der Waals surface area (Å²) in [5, 5.41) is 0.144. The second kappa shape index (κ2) is 5.24. The fraction of sp³-hybridized carbons (Fsp3) is 0.200. The average Bonchev–Trinajstić information content (AvgIpc) is 2.79. The predicted octanol–water partition coefficient (Wildman–Crippen LogP) is 2.70. The van der Waals surface area contributed by atoms with E-state index in [1.54, 1.807) is 6.07 Å². The van der Waals surface area contributed by atoms with Crippen LogP contribution in [0.2, 0.25) is 5.02 Å². The van der Waals surface area contributed by atoms with Crippen LogP contribution >= 0.6 is 11.6 Å². The molecule has 1 unspecified atom stereocenters. The summed E-state index contributed by atoms with van der Waals surface area (Å²) in [6.45, 7) is 0. The van der Waals surface area contributed by atoms with Crippen molar-refractivity contribution < 1.29 is 13.2 Å². The first-order valence-corrected chi connectivity index (χ1v) is 8.52. The van der Waals surface area contributed by atoms with Crippen LogP contribution in [0.3, 0.4) is 0 Å². The summed E-state index contributed by atoms with van der Waals surface area (Å²) in [6.07, 6.45) is 0.155. The topological polar surface area (TPSA) is 69.4 Å². The van der Waals surface area contributed by atoms with Gasteiger partial charge in [0, 0.05) is 6.42 Å². The van der Waals surface area contributed by atoms with Gasteiger partial charge in [-0.2, -0.15) is 0 Å². The lowest BCUT2D eigenvalue weighted by Gasteiger charge is -2.13. The van der Waals surface area contributed by atoms with Crippen LogP contribution in [0.5, 0.6) is 5.75 Å². The number of halogens is 1. The van der Waals surface area contributed by atoms with Crippen molar-refractivity contribution in [1.29, 1.82) is 0 Å². The molecule has 4 nitrogen and oxygen atoms in total. The van der Waals surface area contributed by atoms with E-state index in [9.17, 15) is 8.42 Å². The number of hydrogen-bond donors (Lipinski definition) is 1. The molecule has 0 bridgehead atoms. The molecule has 0 aromatic heterocycles. The van der Waals surface area contributed by atoms with E-state index in [1.165, 1.54) is 12.1 Å². The van der Waals surface area contributed by atoms with Crippen molar-refractivity contribution in [2.75, 3.05) is 11.5 Å². The van der Waals surface area contributed by atoms with Crippen molar-refractivity contribution in [2.45, 2.75) is 17.4 Å². The maximum absolute atomic E-state index is 12.5. The van der Waals surface area contributed by atoms with E-state index in [-0.39, 0.29) is 21.4 Å². The largest absolute Gasteiger partial charge is 0.489 e. The molecule has 0 amide bonds. The zero-order valence-corrected chi connectivity index (χ0v) is 12.7. The number of nitrogens with two attached hydrogens (primary N) is 1. The molecule has 1 aliphatic heterocycles. The van der Waals surface area contributed by atoms with Crippen LogP contribution in [0.15, 0.2) is 47.4 Å². The van der Waals surface area contributed by atoms with Gasteiger partial charge in [-0.1, -0.05) is 35.9 Å². The summed E-state index contributed by atoms with van der Waals surface area (Å²) >= 11 is 5.99. The molecular weight excluding hydrogens is 310 g/mol. The van der Waals surface area contributed by atoms with Crippen molar-refractivity contribution >= 4 is 27.1 Å². The van der Waals surface area contributed by atoms with E-state index in [0.29, 0.717) is 6.42 Å². The second-order valence-electron chi connectivity index (χ2n) is 4.99. The molecule has 3 rings (SSSR count). The predicted molar refractivity (Wildman–Crippen MR) is 82.5 cm³/mol. The number of nitrogen functional groups attached to an aromatic ring is 1. The van der Waals surface area contributed by atoms with E-state index >= 15 is 0 Å². The van der Waals surface area contributed by atoms with Crippen molar-refractivity contribution in [3.8, 4) is 5.75 Å². The van der Waals surface area contributed by atoms with E-state index in [0.717, 1.165) is 11.3 Å². The van der Waals surface area contributed by atoms with Gasteiger partial charge in [0.15, 0.2) is 9.84 Å². The molecule has 6 heteroatoms. The minimum atomic E-state index is -3.60. The molecule has 1 atom stereocenters. The standard InChI is InChI=1S/C15H14ClNO3S/c16-12-5-3-6-13(17)15(12)21(18,19)9-11-8-10-4-1-2-7-14(10)20-11/h1-7,11H,8-9,17H2. The molecule has 2 N–H and O–H groups in total. The molecular formula is C15H14ClNO3S. The lowest BCUT2D eigenvalue weighted by Crippen LogP contribution is -2.25. The van der Waals surface area contributed by atoms with Gasteiger partial charge >= 0.3 is 0 Å². The number of ether oxygens (including phenoxy) is 1. The fourth-order valence-corrected chi connectivity index (χ4v) is 4.70.